The van der Waals surface area contributed by atoms with Crippen molar-refractivity contribution in [2.75, 3.05) is 39.1 Å². The number of rotatable bonds is 3. The van der Waals surface area contributed by atoms with Gasteiger partial charge >= 0.3 is 0 Å². The predicted molar refractivity (Wildman–Crippen MR) is 50.0 cm³/mol. The van der Waals surface area contributed by atoms with Gasteiger partial charge in [-0.3, -0.25) is 0 Å². The van der Waals surface area contributed by atoms with E-state index in [2.05, 4.69) is 10.0 Å². The molecule has 0 aliphatic carbocycles. The number of sulfonamides is 1. The molecule has 1 aliphatic rings. The highest BCUT2D eigenvalue weighted by Gasteiger charge is 2.13. The third-order valence-electron chi connectivity index (χ3n) is 1.84. The summed E-state index contributed by atoms with van der Waals surface area (Å²) >= 11 is 0. The van der Waals surface area contributed by atoms with Gasteiger partial charge in [-0.2, -0.15) is 0 Å². The van der Waals surface area contributed by atoms with Crippen molar-refractivity contribution in [2.24, 2.45) is 5.92 Å². The zero-order valence-electron chi connectivity index (χ0n) is 7.75. The van der Waals surface area contributed by atoms with Crippen LogP contribution in [0.25, 0.3) is 0 Å². The van der Waals surface area contributed by atoms with Crippen molar-refractivity contribution in [2.45, 2.75) is 0 Å². The Morgan fingerprint density at radius 3 is 3.08 bits per heavy atom. The van der Waals surface area contributed by atoms with E-state index in [0.717, 1.165) is 19.3 Å². The van der Waals surface area contributed by atoms with Crippen LogP contribution in [0.3, 0.4) is 0 Å². The van der Waals surface area contributed by atoms with Gasteiger partial charge in [-0.15, -0.1) is 0 Å². The molecule has 0 aromatic rings. The normalized spacial score (nSPS) is 25.5. The van der Waals surface area contributed by atoms with E-state index in [0.29, 0.717) is 19.8 Å². The Hall–Kier alpha value is -0.170. The Kier molecular flexibility index (Phi) is 4.11. The molecule has 1 unspecified atom stereocenters. The first-order chi connectivity index (χ1) is 6.08. The smallest absolute Gasteiger partial charge is 0.208 e. The van der Waals surface area contributed by atoms with E-state index >= 15 is 0 Å². The third kappa shape index (κ3) is 5.20. The lowest BCUT2D eigenvalue weighted by Crippen LogP contribution is -2.34. The van der Waals surface area contributed by atoms with Crippen LogP contribution in [0.15, 0.2) is 0 Å². The summed E-state index contributed by atoms with van der Waals surface area (Å²) in [7, 11) is -3.07. The maximum Gasteiger partial charge on any atom is 0.208 e. The molecule has 1 atom stereocenters. The Morgan fingerprint density at radius 2 is 2.38 bits per heavy atom. The molecule has 1 aliphatic heterocycles. The second-order valence-corrected chi connectivity index (χ2v) is 5.10. The summed E-state index contributed by atoms with van der Waals surface area (Å²) in [5, 5.41) is 3.17. The second-order valence-electron chi connectivity index (χ2n) is 3.27. The summed E-state index contributed by atoms with van der Waals surface area (Å²) < 4.78 is 29.3. The van der Waals surface area contributed by atoms with Crippen molar-refractivity contribution >= 4 is 10.0 Å². The van der Waals surface area contributed by atoms with Crippen molar-refractivity contribution in [1.82, 2.24) is 10.0 Å². The Balaban J connectivity index is 2.27. The van der Waals surface area contributed by atoms with Crippen LogP contribution >= 0.6 is 0 Å². The van der Waals surface area contributed by atoms with Crippen LogP contribution in [0.1, 0.15) is 0 Å². The van der Waals surface area contributed by atoms with Gasteiger partial charge in [-0.05, 0) is 0 Å². The lowest BCUT2D eigenvalue weighted by atomic mass is 10.2. The summed E-state index contributed by atoms with van der Waals surface area (Å²) in [4.78, 5) is 0. The first kappa shape index (κ1) is 10.9. The molecule has 0 saturated carbocycles. The van der Waals surface area contributed by atoms with Gasteiger partial charge in [0.15, 0.2) is 0 Å². The Labute approximate surface area is 78.9 Å². The lowest BCUT2D eigenvalue weighted by Gasteiger charge is -2.13. The minimum atomic E-state index is -3.07. The van der Waals surface area contributed by atoms with Gasteiger partial charge in [0.25, 0.3) is 0 Å². The van der Waals surface area contributed by atoms with E-state index in [9.17, 15) is 8.42 Å². The van der Waals surface area contributed by atoms with Crippen LogP contribution in [0.4, 0.5) is 0 Å². The van der Waals surface area contributed by atoms with Gasteiger partial charge in [0, 0.05) is 25.6 Å². The molecular formula is C7H16N2O3S. The number of nitrogens with one attached hydrogen (secondary N) is 2. The molecule has 0 amide bonds. The standard InChI is InChI=1S/C7H16N2O3S/c1-13(10,11)9-5-7-4-8-2-3-12-6-7/h7-9H,2-6H2,1H3. The van der Waals surface area contributed by atoms with Crippen molar-refractivity contribution in [1.29, 1.82) is 0 Å². The van der Waals surface area contributed by atoms with Crippen molar-refractivity contribution in [3.63, 3.8) is 0 Å². The topological polar surface area (TPSA) is 67.4 Å². The summed E-state index contributed by atoms with van der Waals surface area (Å²) in [6.07, 6.45) is 1.16. The van der Waals surface area contributed by atoms with E-state index in [1.54, 1.807) is 0 Å². The zero-order chi connectivity index (χ0) is 9.73. The SMILES string of the molecule is CS(=O)(=O)NCC1CNCCOC1. The van der Waals surface area contributed by atoms with Crippen LogP contribution in [-0.2, 0) is 14.8 Å². The number of hydrogen-bond acceptors (Lipinski definition) is 4. The molecule has 1 fully saturated rings. The molecule has 0 aromatic carbocycles. The molecule has 1 rings (SSSR count). The molecule has 0 bridgehead atoms. The molecule has 5 nitrogen and oxygen atoms in total. The average Bonchev–Trinajstić information content (AvgIpc) is 2.26. The highest BCUT2D eigenvalue weighted by atomic mass is 32.2. The van der Waals surface area contributed by atoms with E-state index < -0.39 is 10.0 Å². The second kappa shape index (κ2) is 4.90. The summed E-state index contributed by atoms with van der Waals surface area (Å²) in [6, 6.07) is 0. The van der Waals surface area contributed by atoms with Gasteiger partial charge in [0.05, 0.1) is 19.5 Å². The van der Waals surface area contributed by atoms with Crippen LogP contribution in [0, 0.1) is 5.92 Å². The first-order valence-corrected chi connectivity index (χ1v) is 6.20. The molecule has 78 valence electrons. The van der Waals surface area contributed by atoms with Crippen LogP contribution in [0.2, 0.25) is 0 Å². The van der Waals surface area contributed by atoms with Gasteiger partial charge in [-0.1, -0.05) is 0 Å². The van der Waals surface area contributed by atoms with E-state index in [-0.39, 0.29) is 5.92 Å². The fourth-order valence-corrected chi connectivity index (χ4v) is 1.70. The maximum absolute atomic E-state index is 10.8. The Bertz CT molecular complexity index is 232. The first-order valence-electron chi connectivity index (χ1n) is 4.31. The molecule has 0 radical (unpaired) electrons. The van der Waals surface area contributed by atoms with Gasteiger partial charge in [-0.25, -0.2) is 13.1 Å². The van der Waals surface area contributed by atoms with Gasteiger partial charge < -0.3 is 10.1 Å². The van der Waals surface area contributed by atoms with Crippen LogP contribution in [0.5, 0.6) is 0 Å². The van der Waals surface area contributed by atoms with E-state index in [1.807, 2.05) is 0 Å². The molecule has 0 aromatic heterocycles. The van der Waals surface area contributed by atoms with Crippen LogP contribution < -0.4 is 10.0 Å². The summed E-state index contributed by atoms with van der Waals surface area (Å²) in [5.74, 6) is 0.234. The fraction of sp³-hybridized carbons (Fsp3) is 1.00. The molecule has 2 N–H and O–H groups in total. The number of hydrogen-bond donors (Lipinski definition) is 2. The third-order valence-corrected chi connectivity index (χ3v) is 2.53. The molecular weight excluding hydrogens is 192 g/mol. The quantitative estimate of drug-likeness (QED) is 0.609. The molecule has 0 spiro atoms. The highest BCUT2D eigenvalue weighted by molar-refractivity contribution is 7.88. The van der Waals surface area contributed by atoms with Crippen molar-refractivity contribution in [3.8, 4) is 0 Å². The van der Waals surface area contributed by atoms with Crippen molar-refractivity contribution < 1.29 is 13.2 Å². The summed E-state index contributed by atoms with van der Waals surface area (Å²) in [6.45, 7) is 3.43. The fourth-order valence-electron chi connectivity index (χ4n) is 1.16. The van der Waals surface area contributed by atoms with E-state index in [1.165, 1.54) is 0 Å². The highest BCUT2D eigenvalue weighted by Crippen LogP contribution is 1.98. The Morgan fingerprint density at radius 1 is 1.62 bits per heavy atom. The predicted octanol–water partition coefficient (Wildman–Crippen LogP) is -1.23. The largest absolute Gasteiger partial charge is 0.380 e. The average molecular weight is 208 g/mol. The van der Waals surface area contributed by atoms with Crippen molar-refractivity contribution in [3.05, 3.63) is 0 Å². The monoisotopic (exact) mass is 208 g/mol. The summed E-state index contributed by atoms with van der Waals surface area (Å²) in [5.41, 5.74) is 0. The lowest BCUT2D eigenvalue weighted by molar-refractivity contribution is 0.124. The minimum absolute atomic E-state index is 0.234. The van der Waals surface area contributed by atoms with Gasteiger partial charge in [0.1, 0.15) is 0 Å². The maximum atomic E-state index is 10.8. The molecule has 13 heavy (non-hydrogen) atoms. The van der Waals surface area contributed by atoms with Crippen LogP contribution in [-0.4, -0.2) is 47.5 Å². The van der Waals surface area contributed by atoms with Gasteiger partial charge in [0.2, 0.25) is 10.0 Å². The molecule has 6 heteroatoms. The molecule has 1 heterocycles. The molecule has 1 saturated heterocycles. The minimum Gasteiger partial charge on any atom is -0.380 e. The number of ether oxygens (including phenoxy) is 1. The zero-order valence-corrected chi connectivity index (χ0v) is 8.56. The van der Waals surface area contributed by atoms with E-state index in [4.69, 9.17) is 4.74 Å².